The van der Waals surface area contributed by atoms with Crippen molar-refractivity contribution in [2.45, 2.75) is 36.8 Å². The number of hydrogen-bond acceptors (Lipinski definition) is 5. The van der Waals surface area contributed by atoms with E-state index in [1.807, 2.05) is 0 Å². The number of esters is 1. The van der Waals surface area contributed by atoms with Gasteiger partial charge in [-0.05, 0) is 30.4 Å². The Morgan fingerprint density at radius 3 is 2.10 bits per heavy atom. The summed E-state index contributed by atoms with van der Waals surface area (Å²) in [4.78, 5) is 52.8. The molecule has 1 aromatic carbocycles. The van der Waals surface area contributed by atoms with Gasteiger partial charge in [0.15, 0.2) is 12.4 Å². The zero-order chi connectivity index (χ0) is 22.0. The number of alkyl halides is 2. The molecule has 2 aliphatic carbocycles. The van der Waals surface area contributed by atoms with Gasteiger partial charge in [-0.3, -0.25) is 14.4 Å². The Hall–Kier alpha value is -1.54. The topological polar surface area (TPSA) is 80.8 Å². The summed E-state index contributed by atoms with van der Waals surface area (Å²) in [6, 6.07) is 6.42. The van der Waals surface area contributed by atoms with E-state index < -0.39 is 11.4 Å². The number of benzene rings is 1. The third-order valence-electron chi connectivity index (χ3n) is 6.52. The van der Waals surface area contributed by atoms with Crippen molar-refractivity contribution in [1.82, 2.24) is 0 Å². The normalized spacial score (nSPS) is 32.5. The molecule has 0 radical (unpaired) electrons. The predicted octanol–water partition coefficient (Wildman–Crippen LogP) is 3.74. The SMILES string of the molecule is CC(C)(C)C(=O)COC(=O)c1ccccc1N1C(=O)[C@@H]2[C@H]3C[C@H]([C@H](Br)[C@@H]3Br)[C@@H]2C1=O. The standard InChI is InChI=1S/C22H23Br2NO5/c1-22(2,3)14(26)9-30-21(29)10-6-4-5-7-13(10)25-19(27)15-11-8-12(16(15)20(25)28)18(24)17(11)23/h4-7,11-12,15-18H,8-9H2,1-3H3/t11-,12+,15-,16+,17-,18+. The fraction of sp³-hybridized carbons (Fsp3) is 0.545. The summed E-state index contributed by atoms with van der Waals surface area (Å²) in [6.07, 6.45) is 0.838. The maximum absolute atomic E-state index is 13.3. The van der Waals surface area contributed by atoms with Crippen molar-refractivity contribution in [2.24, 2.45) is 29.1 Å². The molecule has 3 fully saturated rings. The van der Waals surface area contributed by atoms with E-state index in [2.05, 4.69) is 31.9 Å². The first-order valence-electron chi connectivity index (χ1n) is 9.99. The maximum atomic E-state index is 13.3. The minimum atomic E-state index is -0.722. The number of carbonyl (C=O) groups is 4. The van der Waals surface area contributed by atoms with Crippen LogP contribution in [0.25, 0.3) is 0 Å². The molecule has 2 bridgehead atoms. The van der Waals surface area contributed by atoms with E-state index in [1.165, 1.54) is 6.07 Å². The number of Topliss-reactive ketones (excluding diaryl/α,β-unsaturated/α-hetero) is 1. The van der Waals surface area contributed by atoms with Crippen molar-refractivity contribution in [1.29, 1.82) is 0 Å². The summed E-state index contributed by atoms with van der Waals surface area (Å²) in [5.74, 6) is -2.00. The molecule has 0 unspecified atom stereocenters. The van der Waals surface area contributed by atoms with E-state index in [0.29, 0.717) is 0 Å². The van der Waals surface area contributed by atoms with Crippen LogP contribution in [0, 0.1) is 29.1 Å². The molecule has 6 atom stereocenters. The highest BCUT2D eigenvalue weighted by Crippen LogP contribution is 2.60. The lowest BCUT2D eigenvalue weighted by molar-refractivity contribution is -0.129. The van der Waals surface area contributed by atoms with Crippen LogP contribution in [0.15, 0.2) is 24.3 Å². The molecule has 4 rings (SSSR count). The molecular weight excluding hydrogens is 518 g/mol. The molecule has 0 spiro atoms. The quantitative estimate of drug-likeness (QED) is 0.330. The second kappa shape index (κ2) is 7.55. The first-order valence-corrected chi connectivity index (χ1v) is 11.8. The van der Waals surface area contributed by atoms with Crippen LogP contribution >= 0.6 is 31.9 Å². The van der Waals surface area contributed by atoms with Crippen molar-refractivity contribution < 1.29 is 23.9 Å². The second-order valence-corrected chi connectivity index (χ2v) is 11.4. The lowest BCUT2D eigenvalue weighted by atomic mass is 9.81. The second-order valence-electron chi connectivity index (χ2n) is 9.28. The largest absolute Gasteiger partial charge is 0.454 e. The van der Waals surface area contributed by atoms with Crippen LogP contribution in [0.4, 0.5) is 5.69 Å². The van der Waals surface area contributed by atoms with Crippen molar-refractivity contribution in [2.75, 3.05) is 11.5 Å². The molecule has 2 amide bonds. The highest BCUT2D eigenvalue weighted by atomic mass is 79.9. The van der Waals surface area contributed by atoms with E-state index in [9.17, 15) is 19.2 Å². The molecule has 8 heteroatoms. The molecule has 1 aliphatic heterocycles. The Bertz CT molecular complexity index is 908. The number of halogens is 2. The Kier molecular flexibility index (Phi) is 5.46. The van der Waals surface area contributed by atoms with E-state index in [1.54, 1.807) is 39.0 Å². The molecule has 1 aromatic rings. The minimum absolute atomic E-state index is 0.0920. The fourth-order valence-electron chi connectivity index (χ4n) is 4.85. The van der Waals surface area contributed by atoms with Gasteiger partial charge in [-0.2, -0.15) is 0 Å². The number of nitrogens with zero attached hydrogens (tertiary/aromatic N) is 1. The molecule has 6 nitrogen and oxygen atoms in total. The number of carbonyl (C=O) groups excluding carboxylic acids is 4. The van der Waals surface area contributed by atoms with Gasteiger partial charge in [-0.25, -0.2) is 9.69 Å². The molecule has 2 saturated carbocycles. The zero-order valence-electron chi connectivity index (χ0n) is 16.9. The Labute approximate surface area is 192 Å². The number of hydrogen-bond donors (Lipinski definition) is 0. The number of ketones is 1. The smallest absolute Gasteiger partial charge is 0.340 e. The third kappa shape index (κ3) is 3.27. The lowest BCUT2D eigenvalue weighted by Crippen LogP contribution is -2.37. The minimum Gasteiger partial charge on any atom is -0.454 e. The van der Waals surface area contributed by atoms with Gasteiger partial charge in [0, 0.05) is 15.1 Å². The number of amides is 2. The molecule has 1 saturated heterocycles. The summed E-state index contributed by atoms with van der Waals surface area (Å²) in [7, 11) is 0. The average Bonchev–Trinajstić information content (AvgIpc) is 3.30. The summed E-state index contributed by atoms with van der Waals surface area (Å²) >= 11 is 7.35. The maximum Gasteiger partial charge on any atom is 0.340 e. The lowest BCUT2D eigenvalue weighted by Gasteiger charge is -2.28. The summed E-state index contributed by atoms with van der Waals surface area (Å²) in [5.41, 5.74) is -0.290. The summed E-state index contributed by atoms with van der Waals surface area (Å²) < 4.78 is 5.22. The Balaban J connectivity index is 1.60. The first kappa shape index (κ1) is 21.7. The zero-order valence-corrected chi connectivity index (χ0v) is 20.1. The van der Waals surface area contributed by atoms with Crippen molar-refractivity contribution in [3.8, 4) is 0 Å². The Morgan fingerprint density at radius 1 is 1.03 bits per heavy atom. The van der Waals surface area contributed by atoms with Gasteiger partial charge < -0.3 is 4.74 Å². The monoisotopic (exact) mass is 539 g/mol. The van der Waals surface area contributed by atoms with Crippen molar-refractivity contribution >= 4 is 61.1 Å². The fourth-order valence-corrected chi connectivity index (χ4v) is 6.73. The highest BCUT2D eigenvalue weighted by Gasteiger charge is 2.66. The average molecular weight is 541 g/mol. The van der Waals surface area contributed by atoms with Crippen LogP contribution in [0.3, 0.4) is 0 Å². The van der Waals surface area contributed by atoms with Gasteiger partial charge >= 0.3 is 5.97 Å². The molecule has 3 aliphatic rings. The van der Waals surface area contributed by atoms with Crippen LogP contribution in [0.2, 0.25) is 0 Å². The van der Waals surface area contributed by atoms with Gasteiger partial charge in [-0.15, -0.1) is 0 Å². The van der Waals surface area contributed by atoms with Gasteiger partial charge in [-0.1, -0.05) is 64.8 Å². The first-order chi connectivity index (χ1) is 14.0. The van der Waals surface area contributed by atoms with Gasteiger partial charge in [0.25, 0.3) is 0 Å². The third-order valence-corrected chi connectivity index (χ3v) is 9.73. The molecule has 160 valence electrons. The van der Waals surface area contributed by atoms with Gasteiger partial charge in [0.1, 0.15) is 0 Å². The van der Waals surface area contributed by atoms with Crippen LogP contribution in [-0.2, 0) is 19.1 Å². The molecule has 0 aromatic heterocycles. The van der Waals surface area contributed by atoms with Crippen LogP contribution in [-0.4, -0.2) is 39.8 Å². The number of ether oxygens (including phenoxy) is 1. The van der Waals surface area contributed by atoms with Crippen LogP contribution in [0.1, 0.15) is 37.6 Å². The van der Waals surface area contributed by atoms with Crippen molar-refractivity contribution in [3.63, 3.8) is 0 Å². The van der Waals surface area contributed by atoms with E-state index in [0.717, 1.165) is 11.3 Å². The summed E-state index contributed by atoms with van der Waals surface area (Å²) in [5, 5.41) is 0. The molecular formula is C22H23Br2NO5. The number of anilines is 1. The highest BCUT2D eigenvalue weighted by molar-refractivity contribution is 9.12. The van der Waals surface area contributed by atoms with Gasteiger partial charge in [0.05, 0.1) is 23.1 Å². The molecule has 30 heavy (non-hydrogen) atoms. The number of rotatable bonds is 4. The van der Waals surface area contributed by atoms with Crippen LogP contribution < -0.4 is 4.90 Å². The van der Waals surface area contributed by atoms with E-state index in [-0.39, 0.29) is 68.8 Å². The van der Waals surface area contributed by atoms with Gasteiger partial charge in [0.2, 0.25) is 11.8 Å². The number of para-hydroxylation sites is 1. The predicted molar refractivity (Wildman–Crippen MR) is 118 cm³/mol. The van der Waals surface area contributed by atoms with Crippen molar-refractivity contribution in [3.05, 3.63) is 29.8 Å². The number of fused-ring (bicyclic) bond motifs is 5. The van der Waals surface area contributed by atoms with E-state index >= 15 is 0 Å². The van der Waals surface area contributed by atoms with E-state index in [4.69, 9.17) is 4.74 Å². The molecule has 1 heterocycles. The Morgan fingerprint density at radius 2 is 1.57 bits per heavy atom. The summed E-state index contributed by atoms with van der Waals surface area (Å²) in [6.45, 7) is 4.89. The number of imide groups is 1. The molecule has 0 N–H and O–H groups in total. The van der Waals surface area contributed by atoms with Crippen LogP contribution in [0.5, 0.6) is 0 Å².